The summed E-state index contributed by atoms with van der Waals surface area (Å²) in [5.41, 5.74) is 0. The first kappa shape index (κ1) is 7.50. The van der Waals surface area contributed by atoms with Crippen molar-refractivity contribution in [1.82, 2.24) is 0 Å². The van der Waals surface area contributed by atoms with Crippen LogP contribution in [0, 0.1) is 0 Å². The number of rotatable bonds is 0. The van der Waals surface area contributed by atoms with Crippen LogP contribution < -0.4 is 0 Å². The Labute approximate surface area is 58.7 Å². The summed E-state index contributed by atoms with van der Waals surface area (Å²) in [6.07, 6.45) is -0.390. The van der Waals surface area contributed by atoms with Gasteiger partial charge in [0.05, 0.1) is 13.2 Å². The van der Waals surface area contributed by atoms with E-state index in [9.17, 15) is 4.79 Å². The minimum atomic E-state index is -1.10. The lowest BCUT2D eigenvalue weighted by Gasteiger charge is -2.14. The van der Waals surface area contributed by atoms with Gasteiger partial charge in [-0.1, -0.05) is 0 Å². The highest BCUT2D eigenvalue weighted by molar-refractivity contribution is 5.74. The van der Waals surface area contributed by atoms with Crippen LogP contribution in [-0.4, -0.2) is 37.0 Å². The SMILES string of the molecule is O=C1OCCCOCC1O. The third kappa shape index (κ3) is 1.97. The largest absolute Gasteiger partial charge is 0.464 e. The van der Waals surface area contributed by atoms with Gasteiger partial charge in [-0.05, 0) is 0 Å². The lowest BCUT2D eigenvalue weighted by atomic mass is 10.3. The number of ether oxygens (including phenoxy) is 2. The van der Waals surface area contributed by atoms with Gasteiger partial charge in [-0.3, -0.25) is 0 Å². The fraction of sp³-hybridized carbons (Fsp3) is 0.833. The molecule has 1 atom stereocenters. The fourth-order valence-electron chi connectivity index (χ4n) is 0.693. The molecule has 0 aromatic carbocycles. The molecule has 1 N–H and O–H groups in total. The third-order valence-electron chi connectivity index (χ3n) is 1.23. The molecule has 0 spiro atoms. The second-order valence-electron chi connectivity index (χ2n) is 2.11. The van der Waals surface area contributed by atoms with Crippen molar-refractivity contribution < 1.29 is 19.4 Å². The summed E-state index contributed by atoms with van der Waals surface area (Å²) in [5, 5.41) is 8.88. The Hall–Kier alpha value is -0.610. The number of esters is 1. The van der Waals surface area contributed by atoms with Gasteiger partial charge in [-0.2, -0.15) is 0 Å². The Kier molecular flexibility index (Phi) is 2.65. The topological polar surface area (TPSA) is 55.8 Å². The molecular formula is C6H10O4. The molecule has 4 heteroatoms. The monoisotopic (exact) mass is 146 g/mol. The van der Waals surface area contributed by atoms with Crippen LogP contribution in [-0.2, 0) is 14.3 Å². The standard InChI is InChI=1S/C6H10O4/c7-5-4-9-2-1-3-10-6(5)8/h5,7H,1-4H2. The third-order valence-corrected chi connectivity index (χ3v) is 1.23. The number of aliphatic hydroxyl groups excluding tert-OH is 1. The molecule has 1 rings (SSSR count). The summed E-state index contributed by atoms with van der Waals surface area (Å²) in [6.45, 7) is 0.944. The molecule has 0 saturated carbocycles. The van der Waals surface area contributed by atoms with Crippen LogP contribution in [0.4, 0.5) is 0 Å². The molecule has 0 aromatic heterocycles. The zero-order valence-corrected chi connectivity index (χ0v) is 5.58. The molecule has 1 aliphatic heterocycles. The number of carbonyl (C=O) groups excluding carboxylic acids is 1. The molecule has 0 aliphatic carbocycles. The first-order chi connectivity index (χ1) is 4.80. The molecule has 10 heavy (non-hydrogen) atoms. The van der Waals surface area contributed by atoms with Gasteiger partial charge in [0.25, 0.3) is 0 Å². The summed E-state index contributed by atoms with van der Waals surface area (Å²) in [7, 11) is 0. The zero-order chi connectivity index (χ0) is 7.40. The molecule has 0 amide bonds. The van der Waals surface area contributed by atoms with Crippen molar-refractivity contribution in [3.63, 3.8) is 0 Å². The number of cyclic esters (lactones) is 1. The van der Waals surface area contributed by atoms with Gasteiger partial charge in [0, 0.05) is 13.0 Å². The Balaban J connectivity index is 2.35. The summed E-state index contributed by atoms with van der Waals surface area (Å²) < 4.78 is 9.53. The maximum Gasteiger partial charge on any atom is 0.337 e. The van der Waals surface area contributed by atoms with E-state index < -0.39 is 12.1 Å². The Morgan fingerprint density at radius 2 is 2.30 bits per heavy atom. The Morgan fingerprint density at radius 3 is 3.10 bits per heavy atom. The van der Waals surface area contributed by atoms with Crippen molar-refractivity contribution in [3.8, 4) is 0 Å². The highest BCUT2D eigenvalue weighted by atomic mass is 16.6. The van der Waals surface area contributed by atoms with Crippen molar-refractivity contribution in [3.05, 3.63) is 0 Å². The van der Waals surface area contributed by atoms with Crippen molar-refractivity contribution >= 4 is 5.97 Å². The molecule has 58 valence electrons. The van der Waals surface area contributed by atoms with Gasteiger partial charge in [0.15, 0.2) is 6.10 Å². The highest BCUT2D eigenvalue weighted by Crippen LogP contribution is 1.97. The van der Waals surface area contributed by atoms with Crippen LogP contribution in [0.25, 0.3) is 0 Å². The van der Waals surface area contributed by atoms with E-state index in [2.05, 4.69) is 4.74 Å². The van der Waals surface area contributed by atoms with Gasteiger partial charge in [0.1, 0.15) is 0 Å². The van der Waals surface area contributed by atoms with Gasteiger partial charge < -0.3 is 14.6 Å². The van der Waals surface area contributed by atoms with Gasteiger partial charge in [-0.25, -0.2) is 4.79 Å². The Morgan fingerprint density at radius 1 is 1.50 bits per heavy atom. The van der Waals surface area contributed by atoms with E-state index in [4.69, 9.17) is 9.84 Å². The van der Waals surface area contributed by atoms with Crippen molar-refractivity contribution in [2.75, 3.05) is 19.8 Å². The van der Waals surface area contributed by atoms with E-state index in [0.29, 0.717) is 19.6 Å². The van der Waals surface area contributed by atoms with Crippen LogP contribution in [0.3, 0.4) is 0 Å². The molecule has 0 radical (unpaired) electrons. The number of hydrogen-bond donors (Lipinski definition) is 1. The van der Waals surface area contributed by atoms with E-state index in [1.807, 2.05) is 0 Å². The summed E-state index contributed by atoms with van der Waals surface area (Å²) >= 11 is 0. The molecule has 1 heterocycles. The Bertz CT molecular complexity index is 123. The fourth-order valence-corrected chi connectivity index (χ4v) is 0.693. The molecule has 1 fully saturated rings. The molecule has 1 saturated heterocycles. The van der Waals surface area contributed by atoms with E-state index in [1.54, 1.807) is 0 Å². The normalized spacial score (nSPS) is 28.5. The second kappa shape index (κ2) is 3.53. The lowest BCUT2D eigenvalue weighted by Crippen LogP contribution is -2.30. The smallest absolute Gasteiger partial charge is 0.337 e. The molecule has 1 unspecified atom stereocenters. The maximum atomic E-state index is 10.6. The average molecular weight is 146 g/mol. The zero-order valence-electron chi connectivity index (χ0n) is 5.58. The van der Waals surface area contributed by atoms with E-state index in [-0.39, 0.29) is 6.61 Å². The number of hydrogen-bond acceptors (Lipinski definition) is 4. The van der Waals surface area contributed by atoms with Crippen molar-refractivity contribution in [2.24, 2.45) is 0 Å². The molecular weight excluding hydrogens is 136 g/mol. The van der Waals surface area contributed by atoms with E-state index in [0.717, 1.165) is 0 Å². The van der Waals surface area contributed by atoms with Gasteiger partial charge in [-0.15, -0.1) is 0 Å². The predicted molar refractivity (Wildman–Crippen MR) is 32.4 cm³/mol. The number of aliphatic hydroxyl groups is 1. The van der Waals surface area contributed by atoms with Gasteiger partial charge >= 0.3 is 5.97 Å². The van der Waals surface area contributed by atoms with Crippen LogP contribution >= 0.6 is 0 Å². The quantitative estimate of drug-likeness (QED) is 0.459. The molecule has 0 bridgehead atoms. The van der Waals surface area contributed by atoms with Crippen molar-refractivity contribution in [1.29, 1.82) is 0 Å². The van der Waals surface area contributed by atoms with E-state index >= 15 is 0 Å². The number of carbonyl (C=O) groups is 1. The van der Waals surface area contributed by atoms with Crippen molar-refractivity contribution in [2.45, 2.75) is 12.5 Å². The highest BCUT2D eigenvalue weighted by Gasteiger charge is 2.18. The van der Waals surface area contributed by atoms with Crippen LogP contribution in [0.1, 0.15) is 6.42 Å². The first-order valence-electron chi connectivity index (χ1n) is 3.23. The second-order valence-corrected chi connectivity index (χ2v) is 2.11. The predicted octanol–water partition coefficient (Wildman–Crippen LogP) is -0.689. The molecule has 0 aromatic rings. The van der Waals surface area contributed by atoms with Gasteiger partial charge in [0.2, 0.25) is 0 Å². The minimum absolute atomic E-state index is 0.0544. The molecule has 4 nitrogen and oxygen atoms in total. The first-order valence-corrected chi connectivity index (χ1v) is 3.23. The average Bonchev–Trinajstić information content (AvgIpc) is 1.92. The van der Waals surface area contributed by atoms with E-state index in [1.165, 1.54) is 0 Å². The minimum Gasteiger partial charge on any atom is -0.464 e. The maximum absolute atomic E-state index is 10.6. The molecule has 1 aliphatic rings. The summed E-state index contributed by atoms with van der Waals surface area (Å²) in [5.74, 6) is -0.584. The van der Waals surface area contributed by atoms with Crippen LogP contribution in [0.5, 0.6) is 0 Å². The summed E-state index contributed by atoms with van der Waals surface area (Å²) in [6, 6.07) is 0. The lowest BCUT2D eigenvalue weighted by molar-refractivity contribution is -0.160. The summed E-state index contributed by atoms with van der Waals surface area (Å²) in [4.78, 5) is 10.6. The van der Waals surface area contributed by atoms with Crippen LogP contribution in [0.15, 0.2) is 0 Å². The van der Waals surface area contributed by atoms with Crippen LogP contribution in [0.2, 0.25) is 0 Å².